The largest absolute Gasteiger partial charge is 0.489 e. The number of methoxy groups -OCH3 is 1. The molecule has 2 aliphatic rings. The molecule has 1 aromatic carbocycles. The van der Waals surface area contributed by atoms with Gasteiger partial charge in [0.2, 0.25) is 11.8 Å². The summed E-state index contributed by atoms with van der Waals surface area (Å²) in [4.78, 5) is 26.0. The van der Waals surface area contributed by atoms with E-state index in [4.69, 9.17) is 14.2 Å². The number of benzene rings is 1. The van der Waals surface area contributed by atoms with E-state index in [1.807, 2.05) is 6.07 Å². The van der Waals surface area contributed by atoms with Gasteiger partial charge in [0.1, 0.15) is 29.3 Å². The first-order valence-electron chi connectivity index (χ1n) is 12.9. The summed E-state index contributed by atoms with van der Waals surface area (Å²) >= 11 is 0. The van der Waals surface area contributed by atoms with Crippen LogP contribution in [0.1, 0.15) is 54.4 Å². The van der Waals surface area contributed by atoms with E-state index >= 15 is 0 Å². The van der Waals surface area contributed by atoms with Crippen molar-refractivity contribution in [3.63, 3.8) is 0 Å². The number of nitrogens with one attached hydrogen (secondary N) is 2. The van der Waals surface area contributed by atoms with Crippen molar-refractivity contribution in [2.24, 2.45) is 0 Å². The summed E-state index contributed by atoms with van der Waals surface area (Å²) in [6, 6.07) is 13.0. The van der Waals surface area contributed by atoms with Gasteiger partial charge in [-0.25, -0.2) is 9.97 Å². The minimum Gasteiger partial charge on any atom is -0.489 e. The van der Waals surface area contributed by atoms with E-state index in [2.05, 4.69) is 31.7 Å². The van der Waals surface area contributed by atoms with E-state index in [0.29, 0.717) is 47.6 Å². The van der Waals surface area contributed by atoms with E-state index < -0.39 is 0 Å². The summed E-state index contributed by atoms with van der Waals surface area (Å²) in [5, 5.41) is 15.8. The number of nitrogens with zero attached hydrogens (tertiary/aromatic N) is 4. The van der Waals surface area contributed by atoms with Crippen LogP contribution in [0.3, 0.4) is 0 Å². The number of carbonyl (C=O) groups is 1. The summed E-state index contributed by atoms with van der Waals surface area (Å²) in [6.07, 6.45) is 7.54. The Hall–Kier alpha value is -4.23. The molecule has 196 valence electrons. The van der Waals surface area contributed by atoms with Gasteiger partial charge in [-0.05, 0) is 49.2 Å². The average Bonchev–Trinajstić information content (AvgIpc) is 3.47. The van der Waals surface area contributed by atoms with Crippen molar-refractivity contribution in [2.75, 3.05) is 25.6 Å². The SMILES string of the molecule is COc1nc(Nc2nccc(-c3ccc(OC4CCOCC4)c(C#N)c3)n2)ccc1C(=O)NC1CCCC1. The standard InChI is InChI=1S/C28H30N6O4/c1-36-27-22(26(35)31-20-4-2-3-5-20)7-9-25(33-27)34-28-30-13-10-23(32-28)18-6-8-24(19(16-18)17-29)38-21-11-14-37-15-12-21/h6-10,13,16,20-21H,2-5,11-12,14-15H2,1H3,(H,31,35)(H,30,32,33,34). The Balaban J connectivity index is 1.30. The molecule has 10 heteroatoms. The van der Waals surface area contributed by atoms with Crippen LogP contribution in [0.4, 0.5) is 11.8 Å². The molecule has 0 radical (unpaired) electrons. The zero-order valence-electron chi connectivity index (χ0n) is 21.3. The molecule has 0 atom stereocenters. The molecule has 1 aliphatic heterocycles. The van der Waals surface area contributed by atoms with Crippen molar-refractivity contribution in [3.05, 3.63) is 53.7 Å². The topological polar surface area (TPSA) is 131 Å². The quantitative estimate of drug-likeness (QED) is 0.449. The van der Waals surface area contributed by atoms with Crippen LogP contribution >= 0.6 is 0 Å². The third-order valence-corrected chi connectivity index (χ3v) is 6.74. The predicted octanol–water partition coefficient (Wildman–Crippen LogP) is 4.39. The molecule has 3 aromatic rings. The highest BCUT2D eigenvalue weighted by Crippen LogP contribution is 2.28. The Morgan fingerprint density at radius 3 is 2.66 bits per heavy atom. The second-order valence-electron chi connectivity index (χ2n) is 9.35. The molecule has 10 nitrogen and oxygen atoms in total. The number of aromatic nitrogens is 3. The predicted molar refractivity (Wildman–Crippen MR) is 140 cm³/mol. The van der Waals surface area contributed by atoms with E-state index in [9.17, 15) is 10.1 Å². The number of amides is 1. The number of anilines is 2. The van der Waals surface area contributed by atoms with E-state index in [1.165, 1.54) is 7.11 Å². The fourth-order valence-corrected chi connectivity index (χ4v) is 4.72. The van der Waals surface area contributed by atoms with E-state index in [0.717, 1.165) is 44.1 Å². The Kier molecular flexibility index (Phi) is 7.95. The minimum absolute atomic E-state index is 0.0428. The van der Waals surface area contributed by atoms with Gasteiger partial charge in [0.15, 0.2) is 0 Å². The van der Waals surface area contributed by atoms with E-state index in [-0.39, 0.29) is 23.9 Å². The molecular weight excluding hydrogens is 484 g/mol. The molecule has 38 heavy (non-hydrogen) atoms. The molecule has 0 spiro atoms. The molecule has 3 heterocycles. The van der Waals surface area contributed by atoms with Crippen LogP contribution < -0.4 is 20.1 Å². The fraction of sp³-hybridized carbons (Fsp3) is 0.393. The summed E-state index contributed by atoms with van der Waals surface area (Å²) in [5.74, 6) is 1.35. The van der Waals surface area contributed by atoms with E-state index in [1.54, 1.807) is 36.5 Å². The molecule has 0 unspecified atom stereocenters. The fourth-order valence-electron chi connectivity index (χ4n) is 4.72. The third-order valence-electron chi connectivity index (χ3n) is 6.74. The molecule has 2 aromatic heterocycles. The molecule has 5 rings (SSSR count). The lowest BCUT2D eigenvalue weighted by Crippen LogP contribution is -2.32. The number of nitriles is 1. The van der Waals surface area contributed by atoms with Crippen LogP contribution in [0.25, 0.3) is 11.3 Å². The Morgan fingerprint density at radius 2 is 1.89 bits per heavy atom. The van der Waals surface area contributed by atoms with Crippen LogP contribution in [0.15, 0.2) is 42.6 Å². The van der Waals surface area contributed by atoms with Gasteiger partial charge in [-0.3, -0.25) is 4.79 Å². The van der Waals surface area contributed by atoms with Gasteiger partial charge >= 0.3 is 0 Å². The highest BCUT2D eigenvalue weighted by atomic mass is 16.5. The van der Waals surface area contributed by atoms with Gasteiger partial charge in [0.05, 0.1) is 31.6 Å². The Bertz CT molecular complexity index is 1330. The van der Waals surface area contributed by atoms with Crippen LogP contribution in [0.5, 0.6) is 11.6 Å². The highest BCUT2D eigenvalue weighted by Gasteiger charge is 2.21. The Morgan fingerprint density at radius 1 is 1.08 bits per heavy atom. The van der Waals surface area contributed by atoms with Crippen molar-refractivity contribution < 1.29 is 19.0 Å². The normalized spacial score (nSPS) is 16.0. The second kappa shape index (κ2) is 11.9. The zero-order valence-corrected chi connectivity index (χ0v) is 21.3. The lowest BCUT2D eigenvalue weighted by molar-refractivity contribution is 0.0254. The van der Waals surface area contributed by atoms with Crippen LogP contribution in [0, 0.1) is 11.3 Å². The average molecular weight is 515 g/mol. The monoisotopic (exact) mass is 514 g/mol. The summed E-state index contributed by atoms with van der Waals surface area (Å²) in [7, 11) is 1.48. The molecule has 2 fully saturated rings. The van der Waals surface area contributed by atoms with Gasteiger partial charge in [-0.1, -0.05) is 12.8 Å². The van der Waals surface area contributed by atoms with Crippen molar-refractivity contribution >= 4 is 17.7 Å². The number of rotatable bonds is 8. The smallest absolute Gasteiger partial charge is 0.256 e. The molecular formula is C28H30N6O4. The first-order valence-corrected chi connectivity index (χ1v) is 12.9. The molecule has 1 saturated carbocycles. The third kappa shape index (κ3) is 6.01. The molecule has 1 saturated heterocycles. The van der Waals surface area contributed by atoms with Gasteiger partial charge in [-0.2, -0.15) is 10.2 Å². The maximum absolute atomic E-state index is 12.7. The highest BCUT2D eigenvalue weighted by molar-refractivity contribution is 5.96. The van der Waals surface area contributed by atoms with Crippen LogP contribution in [-0.2, 0) is 4.74 Å². The van der Waals surface area contributed by atoms with Crippen molar-refractivity contribution in [1.29, 1.82) is 5.26 Å². The van der Waals surface area contributed by atoms with Gasteiger partial charge in [0.25, 0.3) is 5.91 Å². The number of ether oxygens (including phenoxy) is 3. The Labute approximate surface area is 221 Å². The van der Waals surface area contributed by atoms with Crippen LogP contribution in [-0.4, -0.2) is 53.3 Å². The summed E-state index contributed by atoms with van der Waals surface area (Å²) in [6.45, 7) is 1.33. The maximum atomic E-state index is 12.7. The number of hydrogen-bond donors (Lipinski definition) is 2. The molecule has 2 N–H and O–H groups in total. The van der Waals surface area contributed by atoms with Crippen molar-refractivity contribution in [3.8, 4) is 29.0 Å². The summed E-state index contributed by atoms with van der Waals surface area (Å²) < 4.78 is 16.8. The van der Waals surface area contributed by atoms with Gasteiger partial charge < -0.3 is 24.8 Å². The number of pyridine rings is 1. The molecule has 1 amide bonds. The van der Waals surface area contributed by atoms with Gasteiger partial charge in [-0.15, -0.1) is 0 Å². The minimum atomic E-state index is -0.191. The number of hydrogen-bond acceptors (Lipinski definition) is 9. The van der Waals surface area contributed by atoms with Crippen molar-refractivity contribution in [2.45, 2.75) is 50.7 Å². The second-order valence-corrected chi connectivity index (χ2v) is 9.35. The molecule has 1 aliphatic carbocycles. The lowest BCUT2D eigenvalue weighted by Gasteiger charge is -2.23. The first-order chi connectivity index (χ1) is 18.6. The maximum Gasteiger partial charge on any atom is 0.256 e. The van der Waals surface area contributed by atoms with Crippen LogP contribution in [0.2, 0.25) is 0 Å². The molecule has 0 bridgehead atoms. The zero-order chi connectivity index (χ0) is 26.3. The van der Waals surface area contributed by atoms with Gasteiger partial charge in [0, 0.05) is 30.6 Å². The summed E-state index contributed by atoms with van der Waals surface area (Å²) in [5.41, 5.74) is 2.22. The first kappa shape index (κ1) is 25.4. The lowest BCUT2D eigenvalue weighted by atomic mass is 10.1. The van der Waals surface area contributed by atoms with Crippen molar-refractivity contribution in [1.82, 2.24) is 20.3 Å². The number of carbonyl (C=O) groups excluding carboxylic acids is 1.